The van der Waals surface area contributed by atoms with Crippen molar-refractivity contribution in [1.29, 1.82) is 0 Å². The predicted octanol–water partition coefficient (Wildman–Crippen LogP) is 2.44. The fraction of sp³-hybridized carbons (Fsp3) is 0.375. The number of benzene rings is 3. The first-order chi connectivity index (χ1) is 20.6. The number of fused-ring (bicyclic) bond motifs is 6. The van der Waals surface area contributed by atoms with Crippen LogP contribution < -0.4 is 15.4 Å². The molecule has 1 spiro atoms. The molecule has 11 nitrogen and oxygen atoms in total. The second-order valence-corrected chi connectivity index (χ2v) is 10.8. The Morgan fingerprint density at radius 2 is 1.44 bits per heavy atom. The molecule has 0 radical (unpaired) electrons. The van der Waals surface area contributed by atoms with Crippen LogP contribution in [0.4, 0.5) is 11.4 Å². The second kappa shape index (κ2) is 11.9. The Kier molecular flexibility index (Phi) is 8.46. The van der Waals surface area contributed by atoms with Crippen molar-refractivity contribution in [2.24, 2.45) is 5.10 Å². The highest BCUT2D eigenvalue weighted by Crippen LogP contribution is 2.58. The molecule has 1 amide bonds. The zero-order valence-corrected chi connectivity index (χ0v) is 24.6. The largest absolute Gasteiger partial charge is 0.456 e. The smallest absolute Gasteiger partial charge is 0.275 e. The zero-order chi connectivity index (χ0) is 31.1. The summed E-state index contributed by atoms with van der Waals surface area (Å²) < 4.78 is 6.54. The van der Waals surface area contributed by atoms with E-state index in [-0.39, 0.29) is 0 Å². The van der Waals surface area contributed by atoms with Gasteiger partial charge in [0.1, 0.15) is 41.5 Å². The highest BCUT2D eigenvalue weighted by Gasteiger charge is 2.57. The lowest BCUT2D eigenvalue weighted by Crippen LogP contribution is -2.48. The molecule has 2 aliphatic rings. The lowest BCUT2D eigenvalue weighted by Gasteiger charge is -2.42. The van der Waals surface area contributed by atoms with Gasteiger partial charge in [-0.25, -0.2) is 5.01 Å². The van der Waals surface area contributed by atoms with E-state index in [1.165, 1.54) is 5.01 Å². The van der Waals surface area contributed by atoms with E-state index in [4.69, 9.17) is 9.84 Å². The highest BCUT2D eigenvalue weighted by molar-refractivity contribution is 6.02. The topological polar surface area (TPSA) is 167 Å². The van der Waals surface area contributed by atoms with Crippen LogP contribution in [0.1, 0.15) is 52.0 Å². The number of carbonyl (C=O) groups is 1. The number of carbonyl (C=O) groups excluding carboxylic acids is 1. The minimum absolute atomic E-state index is 0.408. The van der Waals surface area contributed by atoms with Gasteiger partial charge >= 0.3 is 0 Å². The van der Waals surface area contributed by atoms with E-state index < -0.39 is 42.5 Å². The van der Waals surface area contributed by atoms with Gasteiger partial charge in [0.2, 0.25) is 0 Å². The lowest BCUT2D eigenvalue weighted by molar-refractivity contribution is -0.100. The summed E-state index contributed by atoms with van der Waals surface area (Å²) in [6, 6.07) is 15.0. The zero-order valence-electron chi connectivity index (χ0n) is 24.6. The normalized spacial score (nSPS) is 17.6. The van der Waals surface area contributed by atoms with Crippen molar-refractivity contribution in [3.8, 4) is 11.5 Å². The van der Waals surface area contributed by atoms with Crippen molar-refractivity contribution in [3.05, 3.63) is 81.9 Å². The summed E-state index contributed by atoms with van der Waals surface area (Å²) in [7, 11) is 0. The third-order valence-corrected chi connectivity index (χ3v) is 8.06. The predicted molar refractivity (Wildman–Crippen MR) is 163 cm³/mol. The van der Waals surface area contributed by atoms with Crippen molar-refractivity contribution in [3.63, 3.8) is 0 Å². The van der Waals surface area contributed by atoms with E-state index in [0.717, 1.165) is 28.7 Å². The Morgan fingerprint density at radius 1 is 0.884 bits per heavy atom. The van der Waals surface area contributed by atoms with Crippen molar-refractivity contribution >= 4 is 23.5 Å². The number of hydrazone groups is 1. The van der Waals surface area contributed by atoms with Crippen LogP contribution in [0.3, 0.4) is 0 Å². The molecule has 2 heterocycles. The van der Waals surface area contributed by atoms with Crippen LogP contribution in [-0.4, -0.2) is 86.8 Å². The summed E-state index contributed by atoms with van der Waals surface area (Å²) in [4.78, 5) is 14.1. The molecular formula is C32H38N4O7. The van der Waals surface area contributed by atoms with Gasteiger partial charge in [-0.05, 0) is 57.0 Å². The van der Waals surface area contributed by atoms with Crippen molar-refractivity contribution < 1.29 is 35.1 Å². The van der Waals surface area contributed by atoms with Crippen LogP contribution in [0, 0.1) is 13.8 Å². The molecule has 0 aromatic heterocycles. The molecule has 7 N–H and O–H groups in total. The lowest BCUT2D eigenvalue weighted by atomic mass is 9.74. The van der Waals surface area contributed by atoms with E-state index in [1.807, 2.05) is 64.1 Å². The number of rotatable bonds is 10. The van der Waals surface area contributed by atoms with Crippen molar-refractivity contribution in [1.82, 2.24) is 5.01 Å². The Hall–Kier alpha value is -4.00. The number of aliphatic hydroxyl groups excluding tert-OH is 5. The molecule has 11 heteroatoms. The first kappa shape index (κ1) is 30.5. The maximum atomic E-state index is 14.1. The fourth-order valence-electron chi connectivity index (χ4n) is 5.92. The molecule has 43 heavy (non-hydrogen) atoms. The van der Waals surface area contributed by atoms with Gasteiger partial charge in [-0.15, -0.1) is 0 Å². The molecule has 3 aromatic carbocycles. The van der Waals surface area contributed by atoms with E-state index in [0.29, 0.717) is 46.8 Å². The van der Waals surface area contributed by atoms with Gasteiger partial charge in [-0.1, -0.05) is 18.2 Å². The van der Waals surface area contributed by atoms with Gasteiger partial charge in [0, 0.05) is 58.9 Å². The van der Waals surface area contributed by atoms with Crippen LogP contribution in [0.25, 0.3) is 0 Å². The maximum Gasteiger partial charge on any atom is 0.275 e. The summed E-state index contributed by atoms with van der Waals surface area (Å²) in [5.74, 6) is 0.601. The minimum Gasteiger partial charge on any atom is -0.456 e. The summed E-state index contributed by atoms with van der Waals surface area (Å²) >= 11 is 0. The van der Waals surface area contributed by atoms with Gasteiger partial charge in [0.05, 0.1) is 12.8 Å². The monoisotopic (exact) mass is 590 g/mol. The number of aliphatic hydroxyl groups is 5. The molecule has 5 rings (SSSR count). The number of hydrogen-bond donors (Lipinski definition) is 7. The van der Waals surface area contributed by atoms with Gasteiger partial charge in [-0.3, -0.25) is 4.79 Å². The Balaban J connectivity index is 1.77. The molecule has 0 saturated carbocycles. The summed E-state index contributed by atoms with van der Waals surface area (Å²) in [6.45, 7) is 8.50. The van der Waals surface area contributed by atoms with Crippen LogP contribution in [0.5, 0.6) is 11.5 Å². The van der Waals surface area contributed by atoms with Crippen LogP contribution >= 0.6 is 0 Å². The average Bonchev–Trinajstić information content (AvgIpc) is 3.25. The number of aryl methyl sites for hydroxylation is 2. The first-order valence-corrected chi connectivity index (χ1v) is 14.4. The molecule has 0 aliphatic carbocycles. The summed E-state index contributed by atoms with van der Waals surface area (Å²) in [6.07, 6.45) is -6.24. The molecule has 0 fully saturated rings. The number of nitrogens with zero attached hydrogens (tertiary/aromatic N) is 2. The molecular weight excluding hydrogens is 552 g/mol. The average molecular weight is 591 g/mol. The Bertz CT molecular complexity index is 1500. The van der Waals surface area contributed by atoms with E-state index in [2.05, 4.69) is 15.7 Å². The minimum atomic E-state index is -1.88. The summed E-state index contributed by atoms with van der Waals surface area (Å²) in [5.41, 5.74) is 4.68. The van der Waals surface area contributed by atoms with Crippen LogP contribution in [0.2, 0.25) is 0 Å². The van der Waals surface area contributed by atoms with Crippen molar-refractivity contribution in [2.75, 3.05) is 30.3 Å². The van der Waals surface area contributed by atoms with Crippen molar-refractivity contribution in [2.45, 2.75) is 57.6 Å². The number of amides is 1. The van der Waals surface area contributed by atoms with Crippen LogP contribution in [0.15, 0.2) is 53.6 Å². The quantitative estimate of drug-likeness (QED) is 0.176. The second-order valence-electron chi connectivity index (χ2n) is 10.8. The molecule has 3 aromatic rings. The molecule has 4 atom stereocenters. The van der Waals surface area contributed by atoms with Gasteiger partial charge in [-0.2, -0.15) is 5.10 Å². The van der Waals surface area contributed by atoms with Gasteiger partial charge < -0.3 is 40.9 Å². The number of anilines is 2. The van der Waals surface area contributed by atoms with Gasteiger partial charge in [0.15, 0.2) is 0 Å². The van der Waals surface area contributed by atoms with Gasteiger partial charge in [0.25, 0.3) is 5.91 Å². The molecule has 0 unspecified atom stereocenters. The number of hydrogen-bond acceptors (Lipinski definition) is 10. The highest BCUT2D eigenvalue weighted by atomic mass is 16.5. The van der Waals surface area contributed by atoms with E-state index in [1.54, 1.807) is 12.1 Å². The van der Waals surface area contributed by atoms with Crippen LogP contribution in [-0.2, 0) is 5.54 Å². The molecule has 2 aliphatic heterocycles. The Labute approximate surface area is 250 Å². The van der Waals surface area contributed by atoms with E-state index in [9.17, 15) is 25.2 Å². The number of ether oxygens (including phenoxy) is 1. The fourth-order valence-corrected chi connectivity index (χ4v) is 5.92. The SMILES string of the molecule is CCNc1cc2c(cc1C)C1(c3cc(C)c(NCC)cc3O2)c2ccccc2C(=O)N1/N=C/[C@H](O)[C@@H](O)[C@H](O)[C@H](O)CO. The molecule has 0 saturated heterocycles. The maximum absolute atomic E-state index is 14.1. The summed E-state index contributed by atoms with van der Waals surface area (Å²) in [5, 5.41) is 62.7. The molecule has 228 valence electrons. The first-order valence-electron chi connectivity index (χ1n) is 14.4. The number of nitrogens with one attached hydrogen (secondary N) is 2. The standard InChI is InChI=1S/C32H38N4O7/c1-5-33-23-13-27-21(11-17(23)3)32(22-12-18(4)24(34-6-2)14-28(22)43-27)20-10-8-7-9-19(20)31(42)36(32)35-15-25(38)29(40)30(41)26(39)16-37/h7-15,25-26,29-30,33-34,37-41H,5-6,16H2,1-4H3/b35-15+/t25-,26+,29+,30+/m0/s1. The Morgan fingerprint density at radius 3 is 1.98 bits per heavy atom. The third-order valence-electron chi connectivity index (χ3n) is 8.06. The van der Waals surface area contributed by atoms with E-state index >= 15 is 0 Å². The third kappa shape index (κ3) is 4.92. The molecule has 0 bridgehead atoms.